The van der Waals surface area contributed by atoms with Crippen LogP contribution in [0.1, 0.15) is 5.56 Å². The first kappa shape index (κ1) is 19.1. The van der Waals surface area contributed by atoms with E-state index in [1.54, 1.807) is 18.2 Å². The Morgan fingerprint density at radius 3 is 2.22 bits per heavy atom. The number of hydrogen-bond acceptors (Lipinski definition) is 8. The highest BCUT2D eigenvalue weighted by atomic mass is 35.5. The Labute approximate surface area is 165 Å². The van der Waals surface area contributed by atoms with Gasteiger partial charge in [-0.1, -0.05) is 41.0 Å². The highest BCUT2D eigenvalue weighted by Gasteiger charge is 2.20. The van der Waals surface area contributed by atoms with Crippen LogP contribution in [0, 0.1) is 20.2 Å². The molecule has 1 aromatic heterocycles. The zero-order valence-electron chi connectivity index (χ0n) is 13.2. The third kappa shape index (κ3) is 4.54. The minimum absolute atomic E-state index is 0.0570. The molecule has 3 rings (SSSR count). The van der Waals surface area contributed by atoms with Gasteiger partial charge in [0.1, 0.15) is 0 Å². The fourth-order valence-corrected chi connectivity index (χ4v) is 3.12. The number of nitro groups is 2. The van der Waals surface area contributed by atoms with Crippen LogP contribution in [0.2, 0.25) is 10.0 Å². The number of benzene rings is 2. The average molecular weight is 427 g/mol. The summed E-state index contributed by atoms with van der Waals surface area (Å²) in [6.45, 7) is 0. The zero-order valence-corrected chi connectivity index (χ0v) is 15.5. The molecule has 0 atom stereocenters. The number of halogens is 2. The van der Waals surface area contributed by atoms with Gasteiger partial charge in [0.2, 0.25) is 5.89 Å². The quantitative estimate of drug-likeness (QED) is 0.300. The summed E-state index contributed by atoms with van der Waals surface area (Å²) in [4.78, 5) is 20.5. The standard InChI is InChI=1S/C15H8Cl2N4O5S/c16-12-2-1-8(3-13(12)17)7-27-15-19-18-14(26-15)9-4-10(20(22)23)6-11(5-9)21(24)25/h1-6H,7H2. The van der Waals surface area contributed by atoms with Gasteiger partial charge in [0.25, 0.3) is 16.6 Å². The van der Waals surface area contributed by atoms with Crippen molar-refractivity contribution in [1.29, 1.82) is 0 Å². The number of rotatable bonds is 6. The van der Waals surface area contributed by atoms with E-state index in [2.05, 4.69) is 10.2 Å². The van der Waals surface area contributed by atoms with E-state index >= 15 is 0 Å². The lowest BCUT2D eigenvalue weighted by Crippen LogP contribution is -1.94. The van der Waals surface area contributed by atoms with Crippen LogP contribution in [0.25, 0.3) is 11.5 Å². The maximum Gasteiger partial charge on any atom is 0.277 e. The summed E-state index contributed by atoms with van der Waals surface area (Å²) >= 11 is 13.0. The summed E-state index contributed by atoms with van der Waals surface area (Å²) in [6.07, 6.45) is 0. The van der Waals surface area contributed by atoms with Crippen molar-refractivity contribution in [2.75, 3.05) is 0 Å². The summed E-state index contributed by atoms with van der Waals surface area (Å²) in [5.41, 5.74) is 0.0785. The molecule has 0 saturated heterocycles. The third-order valence-electron chi connectivity index (χ3n) is 3.32. The molecule has 9 nitrogen and oxygen atoms in total. The molecule has 0 aliphatic heterocycles. The molecule has 3 aromatic rings. The molecule has 12 heteroatoms. The molecule has 2 aromatic carbocycles. The number of aromatic nitrogens is 2. The molecule has 138 valence electrons. The average Bonchev–Trinajstić information content (AvgIpc) is 3.11. The van der Waals surface area contributed by atoms with E-state index in [-0.39, 0.29) is 16.7 Å². The minimum atomic E-state index is -0.729. The third-order valence-corrected chi connectivity index (χ3v) is 4.95. The summed E-state index contributed by atoms with van der Waals surface area (Å²) in [6, 6.07) is 8.30. The van der Waals surface area contributed by atoms with Gasteiger partial charge in [-0.25, -0.2) is 0 Å². The van der Waals surface area contributed by atoms with Crippen LogP contribution in [-0.2, 0) is 5.75 Å². The fraction of sp³-hybridized carbons (Fsp3) is 0.0667. The van der Waals surface area contributed by atoms with Crippen LogP contribution >= 0.6 is 35.0 Å². The molecule has 27 heavy (non-hydrogen) atoms. The van der Waals surface area contributed by atoms with Crippen molar-refractivity contribution in [2.24, 2.45) is 0 Å². The summed E-state index contributed by atoms with van der Waals surface area (Å²) in [5, 5.41) is 30.6. The molecule has 0 aliphatic carbocycles. The maximum absolute atomic E-state index is 11.0. The first-order valence-electron chi connectivity index (χ1n) is 7.18. The van der Waals surface area contributed by atoms with Gasteiger partial charge >= 0.3 is 0 Å². The first-order chi connectivity index (χ1) is 12.8. The van der Waals surface area contributed by atoms with Crippen molar-refractivity contribution < 1.29 is 14.3 Å². The van der Waals surface area contributed by atoms with Crippen molar-refractivity contribution >= 4 is 46.3 Å². The summed E-state index contributed by atoms with van der Waals surface area (Å²) in [5.74, 6) is 0.409. The van der Waals surface area contributed by atoms with Crippen molar-refractivity contribution in [3.05, 3.63) is 72.2 Å². The highest BCUT2D eigenvalue weighted by molar-refractivity contribution is 7.98. The van der Waals surface area contributed by atoms with E-state index in [1.165, 1.54) is 11.8 Å². The molecule has 1 heterocycles. The van der Waals surface area contributed by atoms with Crippen molar-refractivity contribution in [2.45, 2.75) is 11.0 Å². The van der Waals surface area contributed by atoms with E-state index < -0.39 is 21.2 Å². The van der Waals surface area contributed by atoms with Gasteiger partial charge in [-0.2, -0.15) is 0 Å². The van der Waals surface area contributed by atoms with Gasteiger partial charge in [0.15, 0.2) is 0 Å². The number of hydrogen-bond donors (Lipinski definition) is 0. The largest absolute Gasteiger partial charge is 0.411 e. The summed E-state index contributed by atoms with van der Waals surface area (Å²) in [7, 11) is 0. The Balaban J connectivity index is 1.81. The summed E-state index contributed by atoms with van der Waals surface area (Å²) < 4.78 is 5.45. The van der Waals surface area contributed by atoms with Gasteiger partial charge in [0.05, 0.1) is 31.5 Å². The molecule has 0 unspecified atom stereocenters. The Morgan fingerprint density at radius 1 is 0.963 bits per heavy atom. The molecule has 0 bridgehead atoms. The first-order valence-corrected chi connectivity index (χ1v) is 8.92. The second-order valence-corrected chi connectivity index (χ2v) is 6.90. The predicted molar refractivity (Wildman–Crippen MR) is 99.1 cm³/mol. The molecule has 0 N–H and O–H groups in total. The molecule has 0 saturated carbocycles. The smallest absolute Gasteiger partial charge is 0.277 e. The van der Waals surface area contributed by atoms with Crippen molar-refractivity contribution in [3.8, 4) is 11.5 Å². The number of nitrogens with zero attached hydrogens (tertiary/aromatic N) is 4. The second kappa shape index (κ2) is 7.91. The monoisotopic (exact) mass is 426 g/mol. The Kier molecular flexibility index (Phi) is 5.59. The van der Waals surface area contributed by atoms with Gasteiger partial charge in [-0.15, -0.1) is 10.2 Å². The van der Waals surface area contributed by atoms with E-state index in [0.29, 0.717) is 15.8 Å². The molecular weight excluding hydrogens is 419 g/mol. The van der Waals surface area contributed by atoms with Crippen molar-refractivity contribution in [1.82, 2.24) is 10.2 Å². The number of thioether (sulfide) groups is 1. The van der Waals surface area contributed by atoms with Crippen LogP contribution in [0.15, 0.2) is 46.0 Å². The number of nitro benzene ring substituents is 2. The fourth-order valence-electron chi connectivity index (χ4n) is 2.09. The van der Waals surface area contributed by atoms with Crippen LogP contribution < -0.4 is 0 Å². The van der Waals surface area contributed by atoms with Crippen LogP contribution in [0.4, 0.5) is 11.4 Å². The lowest BCUT2D eigenvalue weighted by molar-refractivity contribution is -0.394. The van der Waals surface area contributed by atoms with Crippen LogP contribution in [0.5, 0.6) is 0 Å². The van der Waals surface area contributed by atoms with Gasteiger partial charge in [-0.3, -0.25) is 20.2 Å². The predicted octanol–water partition coefficient (Wildman–Crippen LogP) is 5.15. The van der Waals surface area contributed by atoms with E-state index in [1.807, 2.05) is 0 Å². The van der Waals surface area contributed by atoms with E-state index in [9.17, 15) is 20.2 Å². The maximum atomic E-state index is 11.0. The van der Waals surface area contributed by atoms with Crippen LogP contribution in [0.3, 0.4) is 0 Å². The topological polar surface area (TPSA) is 125 Å². The van der Waals surface area contributed by atoms with E-state index in [4.69, 9.17) is 27.6 Å². The lowest BCUT2D eigenvalue weighted by Gasteiger charge is -2.01. The molecule has 0 amide bonds. The zero-order chi connectivity index (χ0) is 19.6. The normalized spacial score (nSPS) is 10.7. The van der Waals surface area contributed by atoms with Gasteiger partial charge < -0.3 is 4.42 Å². The highest BCUT2D eigenvalue weighted by Crippen LogP contribution is 2.32. The Bertz CT molecular complexity index is 1010. The molecular formula is C15H8Cl2N4O5S. The van der Waals surface area contributed by atoms with Crippen LogP contribution in [-0.4, -0.2) is 20.0 Å². The van der Waals surface area contributed by atoms with Gasteiger partial charge in [0, 0.05) is 17.9 Å². The molecule has 0 spiro atoms. The number of non-ortho nitro benzene ring substituents is 2. The SMILES string of the molecule is O=[N+]([O-])c1cc(-c2nnc(SCc3ccc(Cl)c(Cl)c3)o2)cc([N+](=O)[O-])c1. The Morgan fingerprint density at radius 2 is 1.63 bits per heavy atom. The second-order valence-electron chi connectivity index (χ2n) is 5.16. The van der Waals surface area contributed by atoms with Crippen molar-refractivity contribution in [3.63, 3.8) is 0 Å². The molecule has 0 radical (unpaired) electrons. The minimum Gasteiger partial charge on any atom is -0.411 e. The van der Waals surface area contributed by atoms with Gasteiger partial charge in [-0.05, 0) is 17.7 Å². The Hall–Kier alpha value is -2.69. The molecule has 0 fully saturated rings. The van der Waals surface area contributed by atoms with E-state index in [0.717, 1.165) is 23.8 Å². The lowest BCUT2D eigenvalue weighted by atomic mass is 10.2. The molecule has 0 aliphatic rings.